The van der Waals surface area contributed by atoms with E-state index in [1.54, 1.807) is 0 Å². The Kier molecular flexibility index (Phi) is 1.99. The lowest BCUT2D eigenvalue weighted by molar-refractivity contribution is 0.411. The largest absolute Gasteiger partial charge is 0.343 e. The fourth-order valence-electron chi connectivity index (χ4n) is 2.39. The van der Waals surface area contributed by atoms with Crippen LogP contribution in [0.4, 0.5) is 0 Å². The summed E-state index contributed by atoms with van der Waals surface area (Å²) in [6.07, 6.45) is 3.09. The van der Waals surface area contributed by atoms with Gasteiger partial charge in [-0.25, -0.2) is 4.98 Å². The number of aromatic nitrogens is 2. The van der Waals surface area contributed by atoms with Crippen molar-refractivity contribution in [3.63, 3.8) is 0 Å². The van der Waals surface area contributed by atoms with Crippen LogP contribution in [0.3, 0.4) is 0 Å². The van der Waals surface area contributed by atoms with E-state index < -0.39 is 0 Å². The molecule has 2 aromatic heterocycles. The molecule has 0 unspecified atom stereocenters. The molecule has 3 heterocycles. The van der Waals surface area contributed by atoms with Gasteiger partial charge in [0, 0.05) is 29.7 Å². The normalized spacial score (nSPS) is 22.6. The third-order valence-electron chi connectivity index (χ3n) is 3.24. The number of fused-ring (bicyclic) bond motifs is 1. The van der Waals surface area contributed by atoms with Crippen LogP contribution in [0, 0.1) is 0 Å². The average Bonchev–Trinajstić information content (AvgIpc) is 2.82. The van der Waals surface area contributed by atoms with E-state index in [2.05, 4.69) is 34.0 Å². The zero-order chi connectivity index (χ0) is 10.3. The molecule has 0 radical (unpaired) electrons. The molecule has 1 atom stereocenters. The van der Waals surface area contributed by atoms with E-state index in [-0.39, 0.29) is 0 Å². The zero-order valence-corrected chi connectivity index (χ0v) is 8.90. The van der Waals surface area contributed by atoms with Crippen molar-refractivity contribution in [2.45, 2.75) is 12.3 Å². The number of nitrogens with zero attached hydrogens (tertiary/aromatic N) is 2. The number of aromatic amines is 1. The van der Waals surface area contributed by atoms with Gasteiger partial charge in [-0.2, -0.15) is 0 Å². The highest BCUT2D eigenvalue weighted by molar-refractivity contribution is 5.76. The number of rotatable bonds is 1. The molecule has 1 aliphatic heterocycles. The Hall–Kier alpha value is -1.35. The summed E-state index contributed by atoms with van der Waals surface area (Å²) in [5.74, 6) is 0.657. The summed E-state index contributed by atoms with van der Waals surface area (Å²) in [5, 5.41) is 1.22. The SMILES string of the molecule is CN1CC[C@@H](c2cc3cccnc3[nH]2)C1. The first kappa shape index (κ1) is 8.92. The van der Waals surface area contributed by atoms with Crippen LogP contribution in [0.15, 0.2) is 24.4 Å². The van der Waals surface area contributed by atoms with Crippen LogP contribution in [0.5, 0.6) is 0 Å². The molecule has 2 aromatic rings. The van der Waals surface area contributed by atoms with E-state index in [1.807, 2.05) is 12.3 Å². The molecule has 0 amide bonds. The molecule has 0 saturated carbocycles. The Labute approximate surface area is 89.1 Å². The van der Waals surface area contributed by atoms with Crippen LogP contribution in [-0.2, 0) is 0 Å². The lowest BCUT2D eigenvalue weighted by Gasteiger charge is -2.07. The topological polar surface area (TPSA) is 31.9 Å². The number of hydrogen-bond acceptors (Lipinski definition) is 2. The molecule has 15 heavy (non-hydrogen) atoms. The summed E-state index contributed by atoms with van der Waals surface area (Å²) in [6, 6.07) is 6.34. The van der Waals surface area contributed by atoms with Crippen molar-refractivity contribution in [2.24, 2.45) is 0 Å². The van der Waals surface area contributed by atoms with Gasteiger partial charge < -0.3 is 9.88 Å². The summed E-state index contributed by atoms with van der Waals surface area (Å²) in [5.41, 5.74) is 2.36. The summed E-state index contributed by atoms with van der Waals surface area (Å²) < 4.78 is 0. The van der Waals surface area contributed by atoms with Gasteiger partial charge in [0.25, 0.3) is 0 Å². The van der Waals surface area contributed by atoms with Gasteiger partial charge in [0.2, 0.25) is 0 Å². The van der Waals surface area contributed by atoms with E-state index in [0.29, 0.717) is 5.92 Å². The van der Waals surface area contributed by atoms with E-state index in [9.17, 15) is 0 Å². The first-order valence-corrected chi connectivity index (χ1v) is 5.45. The first-order valence-electron chi connectivity index (χ1n) is 5.45. The van der Waals surface area contributed by atoms with E-state index in [1.165, 1.54) is 24.0 Å². The Bertz CT molecular complexity index is 441. The molecule has 0 aromatic carbocycles. The predicted octanol–water partition coefficient (Wildman–Crippen LogP) is 1.98. The lowest BCUT2D eigenvalue weighted by Crippen LogP contribution is -2.13. The van der Waals surface area contributed by atoms with Crippen LogP contribution in [0.2, 0.25) is 0 Å². The second-order valence-corrected chi connectivity index (χ2v) is 4.41. The van der Waals surface area contributed by atoms with Gasteiger partial charge in [0.15, 0.2) is 0 Å². The van der Waals surface area contributed by atoms with Crippen molar-refractivity contribution in [1.29, 1.82) is 0 Å². The predicted molar refractivity (Wildman–Crippen MR) is 60.9 cm³/mol. The highest BCUT2D eigenvalue weighted by Gasteiger charge is 2.22. The monoisotopic (exact) mass is 201 g/mol. The maximum absolute atomic E-state index is 4.32. The summed E-state index contributed by atoms with van der Waals surface area (Å²) in [4.78, 5) is 10.1. The van der Waals surface area contributed by atoms with Gasteiger partial charge in [0.05, 0.1) is 0 Å². The van der Waals surface area contributed by atoms with Crippen molar-refractivity contribution in [1.82, 2.24) is 14.9 Å². The summed E-state index contributed by atoms with van der Waals surface area (Å²) in [6.45, 7) is 2.36. The van der Waals surface area contributed by atoms with Crippen molar-refractivity contribution in [3.05, 3.63) is 30.1 Å². The molecule has 1 fully saturated rings. The highest BCUT2D eigenvalue weighted by Crippen LogP contribution is 2.27. The Morgan fingerprint density at radius 3 is 3.20 bits per heavy atom. The molecular formula is C12H15N3. The van der Waals surface area contributed by atoms with Crippen molar-refractivity contribution in [2.75, 3.05) is 20.1 Å². The number of pyridine rings is 1. The van der Waals surface area contributed by atoms with Gasteiger partial charge in [-0.3, -0.25) is 0 Å². The maximum Gasteiger partial charge on any atom is 0.137 e. The minimum Gasteiger partial charge on any atom is -0.343 e. The quantitative estimate of drug-likeness (QED) is 0.765. The molecule has 3 nitrogen and oxygen atoms in total. The molecule has 3 rings (SSSR count). The van der Waals surface area contributed by atoms with Crippen molar-refractivity contribution < 1.29 is 0 Å². The zero-order valence-electron chi connectivity index (χ0n) is 8.90. The smallest absolute Gasteiger partial charge is 0.137 e. The molecule has 1 saturated heterocycles. The van der Waals surface area contributed by atoms with Gasteiger partial charge in [-0.15, -0.1) is 0 Å². The molecule has 1 N–H and O–H groups in total. The second-order valence-electron chi connectivity index (χ2n) is 4.41. The van der Waals surface area contributed by atoms with Crippen LogP contribution in [0.1, 0.15) is 18.0 Å². The molecule has 0 bridgehead atoms. The summed E-state index contributed by atoms with van der Waals surface area (Å²) >= 11 is 0. The Balaban J connectivity index is 1.98. The number of nitrogens with one attached hydrogen (secondary N) is 1. The number of hydrogen-bond donors (Lipinski definition) is 1. The number of likely N-dealkylation sites (tertiary alicyclic amines) is 1. The molecule has 1 aliphatic rings. The first-order chi connectivity index (χ1) is 7.33. The van der Waals surface area contributed by atoms with Crippen molar-refractivity contribution >= 4 is 11.0 Å². The van der Waals surface area contributed by atoms with Crippen LogP contribution in [0.25, 0.3) is 11.0 Å². The number of likely N-dealkylation sites (N-methyl/N-ethyl adjacent to an activating group) is 1. The van der Waals surface area contributed by atoms with Gasteiger partial charge in [-0.05, 0) is 38.2 Å². The molecule has 78 valence electrons. The summed E-state index contributed by atoms with van der Waals surface area (Å²) in [7, 11) is 2.18. The molecule has 3 heteroatoms. The maximum atomic E-state index is 4.32. The van der Waals surface area contributed by atoms with Crippen LogP contribution < -0.4 is 0 Å². The third-order valence-corrected chi connectivity index (χ3v) is 3.24. The molecular weight excluding hydrogens is 186 g/mol. The van der Waals surface area contributed by atoms with Gasteiger partial charge in [0.1, 0.15) is 5.65 Å². The van der Waals surface area contributed by atoms with Gasteiger partial charge in [-0.1, -0.05) is 0 Å². The standard InChI is InChI=1S/C12H15N3/c1-15-6-4-10(8-15)11-7-9-3-2-5-13-12(9)14-11/h2-3,5,7,10H,4,6,8H2,1H3,(H,13,14)/t10-/m1/s1. The van der Waals surface area contributed by atoms with Crippen molar-refractivity contribution in [3.8, 4) is 0 Å². The van der Waals surface area contributed by atoms with Crippen LogP contribution in [-0.4, -0.2) is 35.0 Å². The number of H-pyrrole nitrogens is 1. The van der Waals surface area contributed by atoms with E-state index in [4.69, 9.17) is 0 Å². The van der Waals surface area contributed by atoms with Gasteiger partial charge >= 0.3 is 0 Å². The highest BCUT2D eigenvalue weighted by atomic mass is 15.1. The average molecular weight is 201 g/mol. The van der Waals surface area contributed by atoms with Crippen LogP contribution >= 0.6 is 0 Å². The van der Waals surface area contributed by atoms with E-state index >= 15 is 0 Å². The van der Waals surface area contributed by atoms with E-state index in [0.717, 1.165) is 12.2 Å². The lowest BCUT2D eigenvalue weighted by atomic mass is 10.1. The third kappa shape index (κ3) is 1.53. The minimum atomic E-state index is 0.657. The fraction of sp³-hybridized carbons (Fsp3) is 0.417. The Morgan fingerprint density at radius 2 is 2.47 bits per heavy atom. The molecule has 0 aliphatic carbocycles. The minimum absolute atomic E-state index is 0.657. The second kappa shape index (κ2) is 3.35. The Morgan fingerprint density at radius 1 is 1.53 bits per heavy atom. The molecule has 0 spiro atoms. The fourth-order valence-corrected chi connectivity index (χ4v) is 2.39.